The van der Waals surface area contributed by atoms with Crippen molar-refractivity contribution >= 4 is 38.9 Å². The first kappa shape index (κ1) is 24.6. The van der Waals surface area contributed by atoms with Gasteiger partial charge < -0.3 is 9.47 Å². The summed E-state index contributed by atoms with van der Waals surface area (Å²) in [4.78, 5) is 14.8. The number of amides is 1. The lowest BCUT2D eigenvalue weighted by Crippen LogP contribution is -2.29. The van der Waals surface area contributed by atoms with E-state index in [0.717, 1.165) is 17.3 Å². The Labute approximate surface area is 209 Å². The van der Waals surface area contributed by atoms with Crippen LogP contribution in [0.4, 0.5) is 0 Å². The molecule has 180 valence electrons. The molecule has 4 rings (SSSR count). The highest BCUT2D eigenvalue weighted by atomic mass is 32.2. The summed E-state index contributed by atoms with van der Waals surface area (Å²) in [5, 5.41) is 0.127. The van der Waals surface area contributed by atoms with Crippen molar-refractivity contribution in [1.29, 1.82) is 0 Å². The van der Waals surface area contributed by atoms with E-state index in [0.29, 0.717) is 35.1 Å². The van der Waals surface area contributed by atoms with E-state index < -0.39 is 10.0 Å². The molecular weight excluding hydrogens is 484 g/mol. The van der Waals surface area contributed by atoms with Crippen LogP contribution in [0.2, 0.25) is 0 Å². The number of likely N-dealkylation sites (N-methyl/N-ethyl adjacent to an activating group) is 1. The number of hydrogen-bond acceptors (Lipinski definition) is 6. The Balaban J connectivity index is 1.61. The number of carbonyl (C=O) groups excluding carboxylic acids is 1. The summed E-state index contributed by atoms with van der Waals surface area (Å²) >= 11 is 1.03. The number of nitrogens with zero attached hydrogens (tertiary/aromatic N) is 2. The molecule has 0 radical (unpaired) electrons. The normalized spacial score (nSPS) is 16.2. The van der Waals surface area contributed by atoms with Crippen LogP contribution in [0, 0.1) is 0 Å². The number of methoxy groups -OCH3 is 1. The number of amidine groups is 1. The van der Waals surface area contributed by atoms with Gasteiger partial charge in [0.15, 0.2) is 16.7 Å². The average Bonchev–Trinajstić information content (AvgIpc) is 3.16. The predicted octanol–water partition coefficient (Wildman–Crippen LogP) is 4.96. The molecular formula is C26H24N2O5S2. The van der Waals surface area contributed by atoms with Gasteiger partial charge in [-0.25, -0.2) is 0 Å². The quantitative estimate of drug-likeness (QED) is 0.400. The summed E-state index contributed by atoms with van der Waals surface area (Å²) in [6.07, 6.45) is 1.70. The van der Waals surface area contributed by atoms with Gasteiger partial charge in [0.2, 0.25) is 0 Å². The molecule has 0 atom stereocenters. The number of benzene rings is 3. The highest BCUT2D eigenvalue weighted by Gasteiger charge is 2.34. The van der Waals surface area contributed by atoms with Crippen LogP contribution in [0.25, 0.3) is 6.08 Å². The van der Waals surface area contributed by atoms with E-state index in [-0.39, 0.29) is 16.0 Å². The topological polar surface area (TPSA) is 85.3 Å². The summed E-state index contributed by atoms with van der Waals surface area (Å²) in [6.45, 7) is 2.43. The Morgan fingerprint density at radius 3 is 2.31 bits per heavy atom. The minimum absolute atomic E-state index is 0.0735. The van der Waals surface area contributed by atoms with E-state index in [1.54, 1.807) is 56.5 Å². The fourth-order valence-electron chi connectivity index (χ4n) is 3.39. The second kappa shape index (κ2) is 10.8. The number of hydrogen-bond donors (Lipinski definition) is 0. The van der Waals surface area contributed by atoms with Crippen molar-refractivity contribution in [1.82, 2.24) is 4.90 Å². The number of sulfonamides is 1. The van der Waals surface area contributed by atoms with Crippen LogP contribution in [0.1, 0.15) is 18.1 Å². The first-order chi connectivity index (χ1) is 16.9. The number of thioether (sulfide) groups is 1. The third-order valence-electron chi connectivity index (χ3n) is 5.17. The Hall–Kier alpha value is -3.56. The maximum absolute atomic E-state index is 13.0. The van der Waals surface area contributed by atoms with Crippen molar-refractivity contribution in [3.05, 3.63) is 94.9 Å². The highest BCUT2D eigenvalue weighted by Crippen LogP contribution is 2.35. The Kier molecular flexibility index (Phi) is 7.57. The van der Waals surface area contributed by atoms with Crippen LogP contribution in [0.5, 0.6) is 11.5 Å². The predicted molar refractivity (Wildman–Crippen MR) is 138 cm³/mol. The van der Waals surface area contributed by atoms with Gasteiger partial charge in [0, 0.05) is 6.54 Å². The van der Waals surface area contributed by atoms with Crippen molar-refractivity contribution in [2.45, 2.75) is 18.4 Å². The molecule has 0 aliphatic carbocycles. The molecule has 1 saturated heterocycles. The number of ether oxygens (including phenoxy) is 2. The van der Waals surface area contributed by atoms with Gasteiger partial charge in [-0.05, 0) is 60.2 Å². The van der Waals surface area contributed by atoms with Gasteiger partial charge >= 0.3 is 0 Å². The van der Waals surface area contributed by atoms with Gasteiger partial charge in [-0.1, -0.05) is 54.6 Å². The molecule has 35 heavy (non-hydrogen) atoms. The molecule has 0 saturated carbocycles. The van der Waals surface area contributed by atoms with Gasteiger partial charge in [-0.3, -0.25) is 9.69 Å². The smallest absolute Gasteiger partial charge is 0.284 e. The van der Waals surface area contributed by atoms with Crippen LogP contribution in [-0.2, 0) is 21.4 Å². The Morgan fingerprint density at radius 2 is 1.66 bits per heavy atom. The summed E-state index contributed by atoms with van der Waals surface area (Å²) < 4.78 is 40.8. The van der Waals surface area contributed by atoms with E-state index in [9.17, 15) is 13.2 Å². The number of carbonyl (C=O) groups is 1. The fourth-order valence-corrected chi connectivity index (χ4v) is 5.65. The van der Waals surface area contributed by atoms with Gasteiger partial charge in [0.25, 0.3) is 15.9 Å². The van der Waals surface area contributed by atoms with Crippen molar-refractivity contribution in [2.75, 3.05) is 13.7 Å². The van der Waals surface area contributed by atoms with E-state index in [1.807, 2.05) is 30.3 Å². The minimum atomic E-state index is -3.95. The second-order valence-electron chi connectivity index (χ2n) is 7.51. The van der Waals surface area contributed by atoms with Crippen molar-refractivity contribution < 1.29 is 22.7 Å². The molecule has 0 bridgehead atoms. The van der Waals surface area contributed by atoms with Crippen LogP contribution >= 0.6 is 11.8 Å². The third-order valence-corrected chi connectivity index (χ3v) is 7.57. The maximum atomic E-state index is 13.0. The fraction of sp³-hybridized carbons (Fsp3) is 0.154. The molecule has 0 spiro atoms. The molecule has 3 aromatic rings. The minimum Gasteiger partial charge on any atom is -0.493 e. The second-order valence-corrected chi connectivity index (χ2v) is 10.1. The molecule has 1 fully saturated rings. The van der Waals surface area contributed by atoms with E-state index >= 15 is 0 Å². The summed E-state index contributed by atoms with van der Waals surface area (Å²) in [6, 6.07) is 23.1. The zero-order valence-electron chi connectivity index (χ0n) is 19.2. The Morgan fingerprint density at radius 1 is 0.971 bits per heavy atom. The standard InChI is InChI=1S/C26H24N2O5S2/c1-3-28-25(29)24(34-26(28)27-35(30,31)21-12-8-5-9-13-21)17-20-14-15-22(32-2)23(16-20)33-18-19-10-6-4-7-11-19/h4-17H,3,18H2,1-2H3/b24-17-,27-26?. The molecule has 0 N–H and O–H groups in total. The van der Waals surface area contributed by atoms with Crippen molar-refractivity contribution in [3.63, 3.8) is 0 Å². The lowest BCUT2D eigenvalue weighted by molar-refractivity contribution is -0.122. The van der Waals surface area contributed by atoms with E-state index in [1.165, 1.54) is 17.0 Å². The number of rotatable bonds is 8. The summed E-state index contributed by atoms with van der Waals surface area (Å²) in [5.41, 5.74) is 1.73. The molecule has 0 aromatic heterocycles. The molecule has 3 aromatic carbocycles. The monoisotopic (exact) mass is 508 g/mol. The van der Waals surface area contributed by atoms with Gasteiger partial charge in [-0.15, -0.1) is 4.40 Å². The van der Waals surface area contributed by atoms with Crippen molar-refractivity contribution in [3.8, 4) is 11.5 Å². The zero-order valence-corrected chi connectivity index (χ0v) is 20.9. The zero-order chi connectivity index (χ0) is 24.8. The largest absolute Gasteiger partial charge is 0.493 e. The molecule has 9 heteroatoms. The third kappa shape index (κ3) is 5.75. The van der Waals surface area contributed by atoms with Gasteiger partial charge in [-0.2, -0.15) is 8.42 Å². The van der Waals surface area contributed by atoms with Gasteiger partial charge in [0.1, 0.15) is 6.61 Å². The lowest BCUT2D eigenvalue weighted by Gasteiger charge is -2.12. The Bertz CT molecular complexity index is 1370. The van der Waals surface area contributed by atoms with Crippen LogP contribution in [0.15, 0.2) is 93.1 Å². The maximum Gasteiger partial charge on any atom is 0.284 e. The first-order valence-electron chi connectivity index (χ1n) is 10.9. The highest BCUT2D eigenvalue weighted by molar-refractivity contribution is 8.19. The first-order valence-corrected chi connectivity index (χ1v) is 13.1. The molecule has 7 nitrogen and oxygen atoms in total. The lowest BCUT2D eigenvalue weighted by atomic mass is 10.1. The van der Waals surface area contributed by atoms with Crippen LogP contribution in [-0.4, -0.2) is 38.0 Å². The van der Waals surface area contributed by atoms with E-state index in [4.69, 9.17) is 9.47 Å². The molecule has 1 aliphatic heterocycles. The SMILES string of the molecule is CCN1C(=O)/C(=C/c2ccc(OC)c(OCc3ccccc3)c2)SC1=NS(=O)(=O)c1ccccc1. The van der Waals surface area contributed by atoms with Crippen LogP contribution < -0.4 is 9.47 Å². The average molecular weight is 509 g/mol. The summed E-state index contributed by atoms with van der Waals surface area (Å²) in [5.74, 6) is 0.802. The summed E-state index contributed by atoms with van der Waals surface area (Å²) in [7, 11) is -2.38. The van der Waals surface area contributed by atoms with Crippen molar-refractivity contribution in [2.24, 2.45) is 4.40 Å². The molecule has 1 amide bonds. The van der Waals surface area contributed by atoms with Gasteiger partial charge in [0.05, 0.1) is 16.9 Å². The molecule has 0 unspecified atom stereocenters. The molecule has 1 heterocycles. The van der Waals surface area contributed by atoms with Crippen LogP contribution in [0.3, 0.4) is 0 Å². The molecule has 1 aliphatic rings. The van der Waals surface area contributed by atoms with E-state index in [2.05, 4.69) is 4.40 Å².